The first-order chi connectivity index (χ1) is 14.4. The van der Waals surface area contributed by atoms with Gasteiger partial charge in [0.1, 0.15) is 17.7 Å². The van der Waals surface area contributed by atoms with Crippen LogP contribution in [0.4, 0.5) is 13.9 Å². The van der Waals surface area contributed by atoms with Crippen molar-refractivity contribution in [3.05, 3.63) is 30.3 Å². The minimum Gasteiger partial charge on any atom is -0.507 e. The summed E-state index contributed by atoms with van der Waals surface area (Å²) in [5.74, 6) is -0.580. The van der Waals surface area contributed by atoms with Gasteiger partial charge in [0.2, 0.25) is 5.13 Å². The molecule has 30 heavy (non-hydrogen) atoms. The van der Waals surface area contributed by atoms with Crippen LogP contribution in [0.2, 0.25) is 0 Å². The minimum absolute atomic E-state index is 0.0936. The Morgan fingerprint density at radius 3 is 2.87 bits per heavy atom. The highest BCUT2D eigenvalue weighted by molar-refractivity contribution is 7.18. The zero-order valence-corrected chi connectivity index (χ0v) is 17.4. The van der Waals surface area contributed by atoms with Crippen molar-refractivity contribution in [3.63, 3.8) is 0 Å². The van der Waals surface area contributed by atoms with Crippen LogP contribution in [0.5, 0.6) is 5.75 Å². The third-order valence-electron chi connectivity index (χ3n) is 6.10. The molecule has 0 radical (unpaired) electrons. The summed E-state index contributed by atoms with van der Waals surface area (Å²) in [7, 11) is 3.56. The number of phenols is 1. The van der Waals surface area contributed by atoms with Gasteiger partial charge in [-0.25, -0.2) is 8.78 Å². The zero-order chi connectivity index (χ0) is 21.0. The van der Waals surface area contributed by atoms with E-state index in [1.807, 2.05) is 11.9 Å². The van der Waals surface area contributed by atoms with E-state index in [2.05, 4.69) is 20.6 Å². The lowest BCUT2D eigenvalue weighted by molar-refractivity contribution is 0.176. The smallest absolute Gasteiger partial charge is 0.208 e. The van der Waals surface area contributed by atoms with Crippen LogP contribution < -0.4 is 10.2 Å². The lowest BCUT2D eigenvalue weighted by Crippen LogP contribution is -2.55. The number of benzene rings is 1. The molecule has 158 valence electrons. The molecule has 2 aliphatic heterocycles. The number of aryl methyl sites for hydroxylation is 1. The number of aromatic nitrogens is 4. The van der Waals surface area contributed by atoms with Gasteiger partial charge in [-0.3, -0.25) is 4.68 Å². The monoisotopic (exact) mass is 432 g/mol. The fourth-order valence-corrected chi connectivity index (χ4v) is 5.36. The minimum atomic E-state index is -0.981. The molecule has 0 aliphatic carbocycles. The van der Waals surface area contributed by atoms with Crippen molar-refractivity contribution in [2.75, 3.05) is 11.9 Å². The summed E-state index contributed by atoms with van der Waals surface area (Å²) >= 11 is 1.21. The Morgan fingerprint density at radius 2 is 2.10 bits per heavy atom. The van der Waals surface area contributed by atoms with Crippen LogP contribution in [-0.2, 0) is 7.05 Å². The molecule has 2 bridgehead atoms. The number of halogens is 2. The Balaban J connectivity index is 1.42. The van der Waals surface area contributed by atoms with Crippen molar-refractivity contribution in [2.45, 2.75) is 43.6 Å². The molecule has 4 heterocycles. The molecular formula is C20H22F2N6OS. The van der Waals surface area contributed by atoms with E-state index in [1.165, 1.54) is 29.7 Å². The SMILES string of the molecule is CN(c1nnc(-c2cc(F)c(-c3cnn(C)c3)cc2O)s1)[C@H]1CC2CCC(N2)[C@H]1F. The number of anilines is 1. The predicted molar refractivity (Wildman–Crippen MR) is 111 cm³/mol. The third-order valence-corrected chi connectivity index (χ3v) is 7.15. The van der Waals surface area contributed by atoms with Crippen molar-refractivity contribution >= 4 is 16.5 Å². The third kappa shape index (κ3) is 3.24. The maximum Gasteiger partial charge on any atom is 0.208 e. The molecule has 2 fully saturated rings. The van der Waals surface area contributed by atoms with E-state index in [-0.39, 0.29) is 29.0 Å². The number of phenolic OH excluding ortho intramolecular Hbond substituents is 1. The Labute approximate surface area is 176 Å². The molecule has 7 nitrogen and oxygen atoms in total. The second-order valence-electron chi connectivity index (χ2n) is 8.05. The highest BCUT2D eigenvalue weighted by Crippen LogP contribution is 2.40. The predicted octanol–water partition coefficient (Wildman–Crippen LogP) is 3.12. The second-order valence-corrected chi connectivity index (χ2v) is 9.00. The molecule has 3 aromatic rings. The van der Waals surface area contributed by atoms with Crippen molar-refractivity contribution in [3.8, 4) is 27.4 Å². The largest absolute Gasteiger partial charge is 0.507 e. The molecular weight excluding hydrogens is 410 g/mol. The molecule has 1 aromatic carbocycles. The quantitative estimate of drug-likeness (QED) is 0.660. The highest BCUT2D eigenvalue weighted by Gasteiger charge is 2.44. The van der Waals surface area contributed by atoms with Gasteiger partial charge >= 0.3 is 0 Å². The van der Waals surface area contributed by atoms with Crippen molar-refractivity contribution in [2.24, 2.45) is 7.05 Å². The fraction of sp³-hybridized carbons (Fsp3) is 0.450. The maximum atomic E-state index is 14.9. The summed E-state index contributed by atoms with van der Waals surface area (Å²) in [5, 5.41) is 27.1. The molecule has 0 amide bonds. The lowest BCUT2D eigenvalue weighted by Gasteiger charge is -2.38. The van der Waals surface area contributed by atoms with Crippen LogP contribution in [0.3, 0.4) is 0 Å². The molecule has 2 N–H and O–H groups in total. The zero-order valence-electron chi connectivity index (χ0n) is 16.6. The van der Waals surface area contributed by atoms with E-state index in [4.69, 9.17) is 0 Å². The summed E-state index contributed by atoms with van der Waals surface area (Å²) in [4.78, 5) is 1.83. The van der Waals surface area contributed by atoms with Crippen LogP contribution in [0.25, 0.3) is 21.7 Å². The van der Waals surface area contributed by atoms with Crippen LogP contribution in [0.15, 0.2) is 24.5 Å². The fourth-order valence-electron chi connectivity index (χ4n) is 4.47. The highest BCUT2D eigenvalue weighted by atomic mass is 32.1. The van der Waals surface area contributed by atoms with Gasteiger partial charge in [-0.2, -0.15) is 5.10 Å². The summed E-state index contributed by atoms with van der Waals surface area (Å²) in [5.41, 5.74) is 1.10. The van der Waals surface area contributed by atoms with Gasteiger partial charge in [-0.05, 0) is 31.4 Å². The lowest BCUT2D eigenvalue weighted by atomic mass is 9.97. The molecule has 2 aromatic heterocycles. The van der Waals surface area contributed by atoms with Crippen LogP contribution in [0, 0.1) is 5.82 Å². The van der Waals surface area contributed by atoms with Crippen LogP contribution in [0.1, 0.15) is 19.3 Å². The number of hydrogen-bond acceptors (Lipinski definition) is 7. The first kappa shape index (κ1) is 19.4. The van der Waals surface area contributed by atoms with E-state index >= 15 is 0 Å². The number of fused-ring (bicyclic) bond motifs is 2. The van der Waals surface area contributed by atoms with E-state index < -0.39 is 12.0 Å². The van der Waals surface area contributed by atoms with Crippen molar-refractivity contribution in [1.82, 2.24) is 25.3 Å². The number of piperidine rings is 1. The van der Waals surface area contributed by atoms with Gasteiger partial charge < -0.3 is 15.3 Å². The Kier molecular flexibility index (Phi) is 4.70. The van der Waals surface area contributed by atoms with Crippen LogP contribution >= 0.6 is 11.3 Å². The van der Waals surface area contributed by atoms with Gasteiger partial charge in [0.15, 0.2) is 5.01 Å². The number of rotatable bonds is 4. The van der Waals surface area contributed by atoms with Gasteiger partial charge in [0.05, 0.1) is 17.8 Å². The van der Waals surface area contributed by atoms with Crippen molar-refractivity contribution in [1.29, 1.82) is 0 Å². The average molecular weight is 433 g/mol. The molecule has 0 saturated carbocycles. The first-order valence-electron chi connectivity index (χ1n) is 9.89. The van der Waals surface area contributed by atoms with E-state index in [0.29, 0.717) is 28.2 Å². The summed E-state index contributed by atoms with van der Waals surface area (Å²) in [6.07, 6.45) is 4.79. The normalized spacial score (nSPS) is 25.6. The molecule has 0 spiro atoms. The van der Waals surface area contributed by atoms with Gasteiger partial charge in [0.25, 0.3) is 0 Å². The molecule has 4 atom stereocenters. The molecule has 10 heteroatoms. The van der Waals surface area contributed by atoms with E-state index in [1.54, 1.807) is 17.9 Å². The van der Waals surface area contributed by atoms with Crippen molar-refractivity contribution < 1.29 is 13.9 Å². The molecule has 2 saturated heterocycles. The molecule has 2 aliphatic rings. The number of aromatic hydroxyl groups is 1. The van der Waals surface area contributed by atoms with Crippen LogP contribution in [-0.4, -0.2) is 56.4 Å². The second kappa shape index (κ2) is 7.28. The van der Waals surface area contributed by atoms with E-state index in [9.17, 15) is 13.9 Å². The maximum absolute atomic E-state index is 14.9. The van der Waals surface area contributed by atoms with E-state index in [0.717, 1.165) is 12.8 Å². The Hall–Kier alpha value is -2.59. The summed E-state index contributed by atoms with van der Waals surface area (Å²) in [6.45, 7) is 0. The van der Waals surface area contributed by atoms with Gasteiger partial charge in [-0.1, -0.05) is 11.3 Å². The standard InChI is InChI=1S/C20H22F2N6OS/c1-27-9-10(8-23-27)12-7-17(29)13(6-14(12)21)19-25-26-20(30-19)28(2)16-5-11-3-4-15(24-11)18(16)22/h6-9,11,15-16,18,24,29H,3-5H2,1-2H3/t11?,15?,16-,18+/m0/s1. The Morgan fingerprint density at radius 1 is 1.27 bits per heavy atom. The molecule has 5 rings (SSSR count). The number of nitrogens with one attached hydrogen (secondary N) is 1. The first-order valence-corrected chi connectivity index (χ1v) is 10.7. The van der Waals surface area contributed by atoms with Gasteiger partial charge in [-0.15, -0.1) is 10.2 Å². The number of hydrogen-bond donors (Lipinski definition) is 2. The summed E-state index contributed by atoms with van der Waals surface area (Å²) < 4.78 is 31.2. The number of nitrogens with zero attached hydrogens (tertiary/aromatic N) is 5. The average Bonchev–Trinajstić information content (AvgIpc) is 3.46. The summed E-state index contributed by atoms with van der Waals surface area (Å²) in [6, 6.07) is 2.57. The van der Waals surface area contributed by atoms with Gasteiger partial charge in [0, 0.05) is 43.5 Å². The topological polar surface area (TPSA) is 79.1 Å². The Bertz CT molecular complexity index is 1090. The number of alkyl halides is 1. The molecule has 2 unspecified atom stereocenters.